The van der Waals surface area contributed by atoms with E-state index in [1.807, 2.05) is 23.5 Å². The molecule has 2 fully saturated rings. The van der Waals surface area contributed by atoms with Gasteiger partial charge in [0, 0.05) is 24.6 Å². The highest BCUT2D eigenvalue weighted by molar-refractivity contribution is 8.04. The van der Waals surface area contributed by atoms with Gasteiger partial charge < -0.3 is 10.6 Å². The van der Waals surface area contributed by atoms with E-state index in [0.29, 0.717) is 10.7 Å². The van der Waals surface area contributed by atoms with Crippen LogP contribution in [0.1, 0.15) is 0 Å². The van der Waals surface area contributed by atoms with Gasteiger partial charge in [0.1, 0.15) is 0 Å². The maximum absolute atomic E-state index is 3.48. The second-order valence-corrected chi connectivity index (χ2v) is 4.99. The minimum Gasteiger partial charge on any atom is -0.303 e. The Hall–Kier alpha value is 0.620. The second kappa shape index (κ2) is 3.34. The highest BCUT2D eigenvalue weighted by Gasteiger charge is 2.27. The molecule has 58 valence electrons. The van der Waals surface area contributed by atoms with Crippen molar-refractivity contribution in [3.63, 3.8) is 0 Å². The zero-order valence-electron chi connectivity index (χ0n) is 5.80. The van der Waals surface area contributed by atoms with Crippen LogP contribution in [0.4, 0.5) is 0 Å². The van der Waals surface area contributed by atoms with Crippen molar-refractivity contribution in [1.29, 1.82) is 0 Å². The first-order chi connectivity index (χ1) is 4.97. The molecule has 2 aliphatic heterocycles. The van der Waals surface area contributed by atoms with Crippen molar-refractivity contribution in [3.8, 4) is 0 Å². The van der Waals surface area contributed by atoms with Crippen molar-refractivity contribution in [2.75, 3.05) is 24.6 Å². The third-order valence-electron chi connectivity index (χ3n) is 1.76. The van der Waals surface area contributed by atoms with Crippen molar-refractivity contribution >= 4 is 23.5 Å². The molecule has 10 heavy (non-hydrogen) atoms. The van der Waals surface area contributed by atoms with Gasteiger partial charge in [-0.05, 0) is 0 Å². The van der Waals surface area contributed by atoms with Crippen molar-refractivity contribution in [3.05, 3.63) is 0 Å². The average Bonchev–Trinajstić information content (AvgIpc) is 2.59. The third kappa shape index (κ3) is 1.44. The molecule has 2 heterocycles. The van der Waals surface area contributed by atoms with Crippen LogP contribution in [0.3, 0.4) is 0 Å². The minimum absolute atomic E-state index is 0.674. The van der Waals surface area contributed by atoms with Gasteiger partial charge in [-0.3, -0.25) is 0 Å². The molecule has 0 spiro atoms. The Morgan fingerprint density at radius 1 is 0.900 bits per heavy atom. The van der Waals surface area contributed by atoms with Crippen LogP contribution < -0.4 is 10.6 Å². The summed E-state index contributed by atoms with van der Waals surface area (Å²) in [5, 5.41) is 8.30. The molecule has 4 heteroatoms. The fourth-order valence-electron chi connectivity index (χ4n) is 1.28. The molecule has 2 nitrogen and oxygen atoms in total. The van der Waals surface area contributed by atoms with E-state index in [-0.39, 0.29) is 0 Å². The van der Waals surface area contributed by atoms with Crippen LogP contribution in [0.2, 0.25) is 0 Å². The standard InChI is InChI=1S/C6H12N2S2/c1-3-9-5(7-1)6-8-2-4-10-6/h5-8H,1-4H2. The maximum Gasteiger partial charge on any atom is 0.0783 e. The maximum atomic E-state index is 3.48. The summed E-state index contributed by atoms with van der Waals surface area (Å²) in [7, 11) is 0. The fourth-order valence-corrected chi connectivity index (χ4v) is 3.74. The van der Waals surface area contributed by atoms with E-state index in [0.717, 1.165) is 0 Å². The van der Waals surface area contributed by atoms with E-state index in [4.69, 9.17) is 0 Å². The molecular formula is C6H12N2S2. The van der Waals surface area contributed by atoms with Gasteiger partial charge in [-0.15, -0.1) is 23.5 Å². The summed E-state index contributed by atoms with van der Waals surface area (Å²) in [6.45, 7) is 2.38. The van der Waals surface area contributed by atoms with Crippen LogP contribution in [-0.4, -0.2) is 35.3 Å². The first kappa shape index (κ1) is 7.28. The number of rotatable bonds is 1. The molecule has 2 unspecified atom stereocenters. The molecule has 0 aromatic carbocycles. The number of hydrogen-bond acceptors (Lipinski definition) is 4. The summed E-state index contributed by atoms with van der Waals surface area (Å²) in [5.74, 6) is 2.56. The molecule has 2 rings (SSSR count). The van der Waals surface area contributed by atoms with Crippen LogP contribution in [0, 0.1) is 0 Å². The summed E-state index contributed by atoms with van der Waals surface area (Å²) in [6, 6.07) is 0. The largest absolute Gasteiger partial charge is 0.303 e. The van der Waals surface area contributed by atoms with E-state index < -0.39 is 0 Å². The molecule has 2 aliphatic rings. The Morgan fingerprint density at radius 3 is 1.70 bits per heavy atom. The second-order valence-electron chi connectivity index (χ2n) is 2.49. The Bertz CT molecular complexity index is 94.3. The zero-order valence-corrected chi connectivity index (χ0v) is 7.43. The predicted molar refractivity (Wildman–Crippen MR) is 48.5 cm³/mol. The SMILES string of the molecule is C1CSC(C2NCCS2)N1. The molecule has 0 amide bonds. The quantitative estimate of drug-likeness (QED) is 0.600. The molecule has 0 saturated carbocycles. The first-order valence-corrected chi connectivity index (χ1v) is 5.76. The molecule has 0 aliphatic carbocycles. The van der Waals surface area contributed by atoms with Crippen molar-refractivity contribution in [2.45, 2.75) is 10.7 Å². The van der Waals surface area contributed by atoms with E-state index in [1.165, 1.54) is 24.6 Å². The predicted octanol–water partition coefficient (Wildman–Crippen LogP) is 0.311. The van der Waals surface area contributed by atoms with Gasteiger partial charge in [-0.2, -0.15) is 0 Å². The smallest absolute Gasteiger partial charge is 0.0783 e. The normalized spacial score (nSPS) is 40.8. The average molecular weight is 176 g/mol. The number of hydrogen-bond donors (Lipinski definition) is 2. The summed E-state index contributed by atoms with van der Waals surface area (Å²) in [4.78, 5) is 0. The summed E-state index contributed by atoms with van der Waals surface area (Å²) in [6.07, 6.45) is 0. The Kier molecular flexibility index (Phi) is 2.43. The molecule has 0 radical (unpaired) electrons. The minimum atomic E-state index is 0.674. The molecule has 2 N–H and O–H groups in total. The molecule has 2 saturated heterocycles. The number of nitrogens with one attached hydrogen (secondary N) is 2. The summed E-state index contributed by atoms with van der Waals surface area (Å²) >= 11 is 4.09. The van der Waals surface area contributed by atoms with Gasteiger partial charge in [-0.1, -0.05) is 0 Å². The van der Waals surface area contributed by atoms with Crippen LogP contribution in [-0.2, 0) is 0 Å². The lowest BCUT2D eigenvalue weighted by molar-refractivity contribution is 0.613. The molecular weight excluding hydrogens is 164 g/mol. The van der Waals surface area contributed by atoms with Gasteiger partial charge >= 0.3 is 0 Å². The monoisotopic (exact) mass is 176 g/mol. The summed E-state index contributed by atoms with van der Waals surface area (Å²) < 4.78 is 0. The van der Waals surface area contributed by atoms with Gasteiger partial charge in [0.25, 0.3) is 0 Å². The van der Waals surface area contributed by atoms with Crippen LogP contribution in [0.5, 0.6) is 0 Å². The lowest BCUT2D eigenvalue weighted by Gasteiger charge is -2.16. The van der Waals surface area contributed by atoms with Gasteiger partial charge in [-0.25, -0.2) is 0 Å². The summed E-state index contributed by atoms with van der Waals surface area (Å²) in [5.41, 5.74) is 0. The lowest BCUT2D eigenvalue weighted by atomic mass is 10.5. The van der Waals surface area contributed by atoms with Crippen LogP contribution in [0.15, 0.2) is 0 Å². The molecule has 0 aromatic rings. The number of thioether (sulfide) groups is 2. The Labute approximate surface area is 69.9 Å². The highest BCUT2D eigenvalue weighted by atomic mass is 32.2. The van der Waals surface area contributed by atoms with Crippen LogP contribution >= 0.6 is 23.5 Å². The van der Waals surface area contributed by atoms with Crippen molar-refractivity contribution in [2.24, 2.45) is 0 Å². The zero-order chi connectivity index (χ0) is 6.81. The Balaban J connectivity index is 1.85. The van der Waals surface area contributed by atoms with Crippen molar-refractivity contribution < 1.29 is 0 Å². The third-order valence-corrected chi connectivity index (χ3v) is 4.41. The van der Waals surface area contributed by atoms with Gasteiger partial charge in [0.15, 0.2) is 0 Å². The van der Waals surface area contributed by atoms with Gasteiger partial charge in [0.2, 0.25) is 0 Å². The van der Waals surface area contributed by atoms with E-state index >= 15 is 0 Å². The first-order valence-electron chi connectivity index (χ1n) is 3.67. The van der Waals surface area contributed by atoms with Gasteiger partial charge in [0.05, 0.1) is 10.7 Å². The van der Waals surface area contributed by atoms with E-state index in [9.17, 15) is 0 Å². The Morgan fingerprint density at radius 2 is 1.40 bits per heavy atom. The molecule has 0 aromatic heterocycles. The molecule has 0 bridgehead atoms. The molecule has 2 atom stereocenters. The topological polar surface area (TPSA) is 24.1 Å². The van der Waals surface area contributed by atoms with Crippen LogP contribution in [0.25, 0.3) is 0 Å². The lowest BCUT2D eigenvalue weighted by Crippen LogP contribution is -2.37. The fraction of sp³-hybridized carbons (Fsp3) is 1.00. The van der Waals surface area contributed by atoms with E-state index in [2.05, 4.69) is 10.6 Å². The van der Waals surface area contributed by atoms with Crippen molar-refractivity contribution in [1.82, 2.24) is 10.6 Å². The highest BCUT2D eigenvalue weighted by Crippen LogP contribution is 2.26. The van der Waals surface area contributed by atoms with E-state index in [1.54, 1.807) is 0 Å².